The molecular weight excluding hydrogens is 256 g/mol. The quantitative estimate of drug-likeness (QED) is 0.709. The van der Waals surface area contributed by atoms with Crippen molar-refractivity contribution in [3.8, 4) is 0 Å². The van der Waals surface area contributed by atoms with Gasteiger partial charge in [-0.1, -0.05) is 27.2 Å². The zero-order valence-electron chi connectivity index (χ0n) is 13.3. The molecule has 2 atom stereocenters. The van der Waals surface area contributed by atoms with Crippen LogP contribution < -0.4 is 5.32 Å². The van der Waals surface area contributed by atoms with E-state index in [1.54, 1.807) is 6.92 Å². The van der Waals surface area contributed by atoms with E-state index in [0.29, 0.717) is 18.9 Å². The van der Waals surface area contributed by atoms with Crippen LogP contribution >= 0.6 is 0 Å². The van der Waals surface area contributed by atoms with E-state index in [4.69, 9.17) is 4.74 Å². The zero-order valence-corrected chi connectivity index (χ0v) is 13.3. The molecule has 0 aromatic heterocycles. The van der Waals surface area contributed by atoms with E-state index in [1.807, 2.05) is 6.92 Å². The van der Waals surface area contributed by atoms with Crippen LogP contribution in [0.1, 0.15) is 40.5 Å². The maximum atomic E-state index is 11.4. The number of rotatable bonds is 8. The number of carbonyl (C=O) groups is 1. The summed E-state index contributed by atoms with van der Waals surface area (Å²) in [4.78, 5) is 13.8. The third-order valence-corrected chi connectivity index (χ3v) is 3.79. The number of hydrogen-bond donors (Lipinski definition) is 2. The second kappa shape index (κ2) is 7.96. The highest BCUT2D eigenvalue weighted by molar-refractivity contribution is 5.78. The zero-order chi connectivity index (χ0) is 15.2. The smallest absolute Gasteiger partial charge is 0.323 e. The number of nitrogens with zero attached hydrogens (tertiary/aromatic N) is 1. The van der Waals surface area contributed by atoms with Gasteiger partial charge < -0.3 is 9.84 Å². The molecule has 1 saturated heterocycles. The minimum absolute atomic E-state index is 0.0815. The molecule has 0 bridgehead atoms. The minimum Gasteiger partial charge on any atom is -0.480 e. The number of morpholine rings is 1. The predicted molar refractivity (Wildman–Crippen MR) is 80.0 cm³/mol. The van der Waals surface area contributed by atoms with E-state index >= 15 is 0 Å². The number of carboxylic acid groups (broad SMARTS) is 1. The molecule has 0 amide bonds. The van der Waals surface area contributed by atoms with Crippen molar-refractivity contribution in [2.45, 2.75) is 52.2 Å². The van der Waals surface area contributed by atoms with Crippen LogP contribution in [0.3, 0.4) is 0 Å². The first kappa shape index (κ1) is 17.4. The normalized spacial score (nSPS) is 23.8. The standard InChI is InChI=1S/C15H30N2O3/c1-5-6-15(4,14(18)19)16-9-13-11-17(7-8-20-13)10-12(2)3/h12-13,16H,5-11H2,1-4H3,(H,18,19). The molecule has 2 unspecified atom stereocenters. The summed E-state index contributed by atoms with van der Waals surface area (Å²) in [6.07, 6.45) is 1.56. The highest BCUT2D eigenvalue weighted by atomic mass is 16.5. The lowest BCUT2D eigenvalue weighted by Gasteiger charge is -2.36. The van der Waals surface area contributed by atoms with Crippen molar-refractivity contribution in [1.82, 2.24) is 10.2 Å². The Labute approximate surface area is 122 Å². The number of ether oxygens (including phenoxy) is 1. The third kappa shape index (κ3) is 5.38. The number of nitrogens with one attached hydrogen (secondary N) is 1. The Morgan fingerprint density at radius 2 is 2.25 bits per heavy atom. The first-order valence-corrected chi connectivity index (χ1v) is 7.69. The van der Waals surface area contributed by atoms with Crippen LogP contribution in [0.25, 0.3) is 0 Å². The fourth-order valence-corrected chi connectivity index (χ4v) is 2.70. The highest BCUT2D eigenvalue weighted by Crippen LogP contribution is 2.14. The van der Waals surface area contributed by atoms with Gasteiger partial charge in [0, 0.05) is 26.2 Å². The molecule has 1 aliphatic heterocycles. The van der Waals surface area contributed by atoms with Gasteiger partial charge in [-0.15, -0.1) is 0 Å². The first-order chi connectivity index (χ1) is 9.37. The van der Waals surface area contributed by atoms with Gasteiger partial charge in [-0.25, -0.2) is 0 Å². The van der Waals surface area contributed by atoms with Crippen LogP contribution in [0.2, 0.25) is 0 Å². The first-order valence-electron chi connectivity index (χ1n) is 7.69. The van der Waals surface area contributed by atoms with Crippen molar-refractivity contribution in [2.75, 3.05) is 32.8 Å². The molecule has 1 rings (SSSR count). The minimum atomic E-state index is -0.849. The summed E-state index contributed by atoms with van der Waals surface area (Å²) < 4.78 is 5.75. The molecule has 0 aromatic carbocycles. The summed E-state index contributed by atoms with van der Waals surface area (Å²) in [5, 5.41) is 12.5. The Balaban J connectivity index is 2.45. The lowest BCUT2D eigenvalue weighted by Crippen LogP contribution is -2.55. The monoisotopic (exact) mass is 286 g/mol. The van der Waals surface area contributed by atoms with E-state index in [9.17, 15) is 9.90 Å². The second-order valence-electron chi connectivity index (χ2n) is 6.41. The fraction of sp³-hybridized carbons (Fsp3) is 0.933. The van der Waals surface area contributed by atoms with Gasteiger partial charge in [0.1, 0.15) is 5.54 Å². The van der Waals surface area contributed by atoms with Crippen LogP contribution in [0.15, 0.2) is 0 Å². The highest BCUT2D eigenvalue weighted by Gasteiger charge is 2.33. The van der Waals surface area contributed by atoms with E-state index in [1.165, 1.54) is 0 Å². The maximum absolute atomic E-state index is 11.4. The van der Waals surface area contributed by atoms with E-state index in [-0.39, 0.29) is 6.10 Å². The summed E-state index contributed by atoms with van der Waals surface area (Å²) in [6, 6.07) is 0. The van der Waals surface area contributed by atoms with Gasteiger partial charge in [0.15, 0.2) is 0 Å². The van der Waals surface area contributed by atoms with E-state index in [0.717, 1.165) is 32.7 Å². The van der Waals surface area contributed by atoms with Gasteiger partial charge in [-0.3, -0.25) is 15.0 Å². The SMILES string of the molecule is CCCC(C)(NCC1CN(CC(C)C)CCO1)C(=O)O. The Hall–Kier alpha value is -0.650. The van der Waals surface area contributed by atoms with Crippen LogP contribution in [0.5, 0.6) is 0 Å². The third-order valence-electron chi connectivity index (χ3n) is 3.79. The van der Waals surface area contributed by atoms with Crippen molar-refractivity contribution in [1.29, 1.82) is 0 Å². The molecule has 2 N–H and O–H groups in total. The number of hydrogen-bond acceptors (Lipinski definition) is 4. The molecule has 1 aliphatic rings. The van der Waals surface area contributed by atoms with Crippen molar-refractivity contribution in [3.63, 3.8) is 0 Å². The summed E-state index contributed by atoms with van der Waals surface area (Å²) in [7, 11) is 0. The average molecular weight is 286 g/mol. The fourth-order valence-electron chi connectivity index (χ4n) is 2.70. The molecule has 0 aliphatic carbocycles. The van der Waals surface area contributed by atoms with Gasteiger partial charge in [-0.05, 0) is 19.3 Å². The van der Waals surface area contributed by atoms with Gasteiger partial charge >= 0.3 is 5.97 Å². The molecule has 5 heteroatoms. The molecule has 0 saturated carbocycles. The van der Waals surface area contributed by atoms with Crippen molar-refractivity contribution in [3.05, 3.63) is 0 Å². The summed E-state index contributed by atoms with van der Waals surface area (Å²) in [5.74, 6) is -0.139. The molecule has 0 aromatic rings. The molecule has 0 radical (unpaired) electrons. The molecular formula is C15H30N2O3. The van der Waals surface area contributed by atoms with Crippen LogP contribution in [-0.2, 0) is 9.53 Å². The number of carboxylic acids is 1. The van der Waals surface area contributed by atoms with Gasteiger partial charge in [-0.2, -0.15) is 0 Å². The Kier molecular flexibility index (Phi) is 6.92. The lowest BCUT2D eigenvalue weighted by molar-refractivity contribution is -0.145. The van der Waals surface area contributed by atoms with Crippen LogP contribution in [-0.4, -0.2) is 60.4 Å². The Morgan fingerprint density at radius 3 is 2.80 bits per heavy atom. The van der Waals surface area contributed by atoms with Gasteiger partial charge in [0.25, 0.3) is 0 Å². The summed E-state index contributed by atoms with van der Waals surface area (Å²) in [5.41, 5.74) is -0.849. The maximum Gasteiger partial charge on any atom is 0.323 e. The molecule has 20 heavy (non-hydrogen) atoms. The largest absolute Gasteiger partial charge is 0.480 e. The van der Waals surface area contributed by atoms with E-state index in [2.05, 4.69) is 24.1 Å². The number of aliphatic carboxylic acids is 1. The molecule has 1 fully saturated rings. The molecule has 0 spiro atoms. The Bertz CT molecular complexity index is 309. The molecule has 118 valence electrons. The predicted octanol–water partition coefficient (Wildman–Crippen LogP) is 1.58. The van der Waals surface area contributed by atoms with E-state index < -0.39 is 11.5 Å². The molecule has 5 nitrogen and oxygen atoms in total. The topological polar surface area (TPSA) is 61.8 Å². The van der Waals surface area contributed by atoms with Crippen LogP contribution in [0.4, 0.5) is 0 Å². The average Bonchev–Trinajstić information content (AvgIpc) is 2.36. The van der Waals surface area contributed by atoms with Crippen LogP contribution in [0, 0.1) is 5.92 Å². The van der Waals surface area contributed by atoms with Crippen molar-refractivity contribution >= 4 is 5.97 Å². The van der Waals surface area contributed by atoms with Gasteiger partial charge in [0.2, 0.25) is 0 Å². The molecule has 1 heterocycles. The second-order valence-corrected chi connectivity index (χ2v) is 6.41. The Morgan fingerprint density at radius 1 is 1.55 bits per heavy atom. The van der Waals surface area contributed by atoms with Gasteiger partial charge in [0.05, 0.1) is 12.7 Å². The van der Waals surface area contributed by atoms with Crippen molar-refractivity contribution < 1.29 is 14.6 Å². The summed E-state index contributed by atoms with van der Waals surface area (Å²) >= 11 is 0. The summed E-state index contributed by atoms with van der Waals surface area (Å²) in [6.45, 7) is 12.4. The van der Waals surface area contributed by atoms with Crippen molar-refractivity contribution in [2.24, 2.45) is 5.92 Å². The lowest BCUT2D eigenvalue weighted by atomic mass is 9.96.